The minimum Gasteiger partial charge on any atom is -0.337 e. The summed E-state index contributed by atoms with van der Waals surface area (Å²) >= 11 is 0. The monoisotopic (exact) mass is 249 g/mol. The van der Waals surface area contributed by atoms with Gasteiger partial charge in [0.25, 0.3) is 11.6 Å². The van der Waals surface area contributed by atoms with Crippen molar-refractivity contribution in [2.24, 2.45) is 5.73 Å². The van der Waals surface area contributed by atoms with Crippen molar-refractivity contribution in [1.82, 2.24) is 4.90 Å². The van der Waals surface area contributed by atoms with Gasteiger partial charge in [0.05, 0.1) is 4.92 Å². The number of likely N-dealkylation sites (tertiary alicyclic amines) is 1. The maximum atomic E-state index is 12.2. The van der Waals surface area contributed by atoms with Crippen LogP contribution in [-0.4, -0.2) is 34.9 Å². The first-order valence-corrected chi connectivity index (χ1v) is 5.78. The largest absolute Gasteiger partial charge is 0.337 e. The second kappa shape index (κ2) is 4.73. The number of nitro groups is 1. The van der Waals surface area contributed by atoms with Crippen LogP contribution in [0.15, 0.2) is 18.2 Å². The van der Waals surface area contributed by atoms with Crippen LogP contribution in [0.5, 0.6) is 0 Å². The van der Waals surface area contributed by atoms with Gasteiger partial charge < -0.3 is 10.6 Å². The van der Waals surface area contributed by atoms with Gasteiger partial charge in [-0.2, -0.15) is 0 Å². The summed E-state index contributed by atoms with van der Waals surface area (Å²) in [5.41, 5.74) is 6.75. The van der Waals surface area contributed by atoms with Gasteiger partial charge in [0.15, 0.2) is 0 Å². The molecule has 0 aliphatic carbocycles. The summed E-state index contributed by atoms with van der Waals surface area (Å²) in [6.07, 6.45) is 0.777. The molecule has 0 aromatic heterocycles. The van der Waals surface area contributed by atoms with Crippen LogP contribution in [0.3, 0.4) is 0 Å². The van der Waals surface area contributed by atoms with Gasteiger partial charge in [0.2, 0.25) is 0 Å². The normalized spacial score (nSPS) is 19.0. The molecule has 2 rings (SSSR count). The Bertz CT molecular complexity index is 501. The van der Waals surface area contributed by atoms with Crippen molar-refractivity contribution in [2.75, 3.05) is 13.1 Å². The Morgan fingerprint density at radius 2 is 2.22 bits per heavy atom. The summed E-state index contributed by atoms with van der Waals surface area (Å²) < 4.78 is 0. The van der Waals surface area contributed by atoms with Crippen molar-refractivity contribution in [1.29, 1.82) is 0 Å². The highest BCUT2D eigenvalue weighted by molar-refractivity contribution is 5.95. The SMILES string of the molecule is Cc1cc(C(=O)N2CCC(N)C2)cc([N+](=O)[O-])c1. The fourth-order valence-corrected chi connectivity index (χ4v) is 2.15. The number of benzene rings is 1. The molecule has 1 aliphatic heterocycles. The molecule has 0 spiro atoms. The molecule has 2 N–H and O–H groups in total. The minimum absolute atomic E-state index is 0.00810. The van der Waals surface area contributed by atoms with Gasteiger partial charge in [-0.15, -0.1) is 0 Å². The lowest BCUT2D eigenvalue weighted by Crippen LogP contribution is -2.31. The van der Waals surface area contributed by atoms with E-state index in [2.05, 4.69) is 0 Å². The number of hydrogen-bond acceptors (Lipinski definition) is 4. The average molecular weight is 249 g/mol. The van der Waals surface area contributed by atoms with Crippen LogP contribution >= 0.6 is 0 Å². The van der Waals surface area contributed by atoms with E-state index in [0.29, 0.717) is 24.2 Å². The van der Waals surface area contributed by atoms with Crippen LogP contribution in [0.1, 0.15) is 22.3 Å². The molecule has 1 unspecified atom stereocenters. The van der Waals surface area contributed by atoms with Gasteiger partial charge in [-0.25, -0.2) is 0 Å². The van der Waals surface area contributed by atoms with Crippen LogP contribution in [-0.2, 0) is 0 Å². The number of carbonyl (C=O) groups is 1. The van der Waals surface area contributed by atoms with Crippen LogP contribution in [0.25, 0.3) is 0 Å². The lowest BCUT2D eigenvalue weighted by molar-refractivity contribution is -0.384. The standard InChI is InChI=1S/C12H15N3O3/c1-8-4-9(6-11(5-8)15(17)18)12(16)14-3-2-10(13)7-14/h4-6,10H,2-3,7,13H2,1H3. The van der Waals surface area contributed by atoms with E-state index in [9.17, 15) is 14.9 Å². The predicted octanol–water partition coefficient (Wildman–Crippen LogP) is 1.08. The van der Waals surface area contributed by atoms with E-state index < -0.39 is 4.92 Å². The lowest BCUT2D eigenvalue weighted by Gasteiger charge is -2.15. The second-order valence-electron chi connectivity index (χ2n) is 4.61. The molecule has 18 heavy (non-hydrogen) atoms. The third-order valence-electron chi connectivity index (χ3n) is 3.03. The Morgan fingerprint density at radius 3 is 2.78 bits per heavy atom. The topological polar surface area (TPSA) is 89.5 Å². The molecule has 0 radical (unpaired) electrons. The first-order valence-electron chi connectivity index (χ1n) is 5.78. The number of nitrogens with two attached hydrogens (primary N) is 1. The molecule has 6 nitrogen and oxygen atoms in total. The fraction of sp³-hybridized carbons (Fsp3) is 0.417. The molecule has 1 atom stereocenters. The van der Waals surface area contributed by atoms with Crippen LogP contribution < -0.4 is 5.73 Å². The van der Waals surface area contributed by atoms with E-state index in [1.54, 1.807) is 17.9 Å². The van der Waals surface area contributed by atoms with E-state index in [-0.39, 0.29) is 17.6 Å². The van der Waals surface area contributed by atoms with Crippen molar-refractivity contribution < 1.29 is 9.72 Å². The molecule has 0 saturated carbocycles. The smallest absolute Gasteiger partial charge is 0.270 e. The molecule has 1 amide bonds. The molecular formula is C12H15N3O3. The van der Waals surface area contributed by atoms with Crippen LogP contribution in [0.2, 0.25) is 0 Å². The molecule has 6 heteroatoms. The van der Waals surface area contributed by atoms with E-state index >= 15 is 0 Å². The molecule has 0 bridgehead atoms. The van der Waals surface area contributed by atoms with Gasteiger partial charge in [-0.05, 0) is 25.0 Å². The van der Waals surface area contributed by atoms with Crippen LogP contribution in [0, 0.1) is 17.0 Å². The lowest BCUT2D eigenvalue weighted by atomic mass is 10.1. The quantitative estimate of drug-likeness (QED) is 0.627. The second-order valence-corrected chi connectivity index (χ2v) is 4.61. The zero-order chi connectivity index (χ0) is 13.3. The van der Waals surface area contributed by atoms with Crippen molar-refractivity contribution in [2.45, 2.75) is 19.4 Å². The maximum Gasteiger partial charge on any atom is 0.270 e. The van der Waals surface area contributed by atoms with E-state index in [0.717, 1.165) is 6.42 Å². The Hall–Kier alpha value is -1.95. The van der Waals surface area contributed by atoms with E-state index in [1.165, 1.54) is 12.1 Å². The zero-order valence-corrected chi connectivity index (χ0v) is 10.1. The third-order valence-corrected chi connectivity index (χ3v) is 3.03. The highest BCUT2D eigenvalue weighted by atomic mass is 16.6. The number of carbonyl (C=O) groups excluding carboxylic acids is 1. The molecule has 1 fully saturated rings. The summed E-state index contributed by atoms with van der Waals surface area (Å²) in [5, 5.41) is 10.8. The highest BCUT2D eigenvalue weighted by Gasteiger charge is 2.25. The predicted molar refractivity (Wildman–Crippen MR) is 66.3 cm³/mol. The number of hydrogen-bond donors (Lipinski definition) is 1. The molecular weight excluding hydrogens is 234 g/mol. The van der Waals surface area contributed by atoms with Crippen molar-refractivity contribution >= 4 is 11.6 Å². The number of aryl methyl sites for hydroxylation is 1. The van der Waals surface area contributed by atoms with Gasteiger partial charge >= 0.3 is 0 Å². The summed E-state index contributed by atoms with van der Waals surface area (Å²) in [7, 11) is 0. The number of amides is 1. The fourth-order valence-electron chi connectivity index (χ4n) is 2.15. The van der Waals surface area contributed by atoms with Crippen LogP contribution in [0.4, 0.5) is 5.69 Å². The van der Waals surface area contributed by atoms with Crippen molar-refractivity contribution in [3.63, 3.8) is 0 Å². The number of nitro benzene ring substituents is 1. The summed E-state index contributed by atoms with van der Waals surface area (Å²) in [6.45, 7) is 2.86. The maximum absolute atomic E-state index is 12.2. The Balaban J connectivity index is 2.27. The summed E-state index contributed by atoms with van der Waals surface area (Å²) in [4.78, 5) is 24.1. The van der Waals surface area contributed by atoms with Gasteiger partial charge in [-0.1, -0.05) is 0 Å². The number of nitrogens with zero attached hydrogens (tertiary/aromatic N) is 2. The molecule has 1 aromatic rings. The molecule has 1 saturated heterocycles. The first kappa shape index (κ1) is 12.5. The first-order chi connectivity index (χ1) is 8.47. The van der Waals surface area contributed by atoms with E-state index in [1.807, 2.05) is 0 Å². The molecule has 1 aliphatic rings. The summed E-state index contributed by atoms with van der Waals surface area (Å²) in [5.74, 6) is -0.185. The third kappa shape index (κ3) is 2.48. The van der Waals surface area contributed by atoms with Gasteiger partial charge in [0.1, 0.15) is 0 Å². The van der Waals surface area contributed by atoms with Gasteiger partial charge in [0, 0.05) is 36.8 Å². The van der Waals surface area contributed by atoms with E-state index in [4.69, 9.17) is 5.73 Å². The Labute approximate surface area is 105 Å². The number of rotatable bonds is 2. The number of non-ortho nitro benzene ring substituents is 1. The highest BCUT2D eigenvalue weighted by Crippen LogP contribution is 2.19. The molecule has 1 heterocycles. The Kier molecular flexibility index (Phi) is 3.29. The van der Waals surface area contributed by atoms with Gasteiger partial charge in [-0.3, -0.25) is 14.9 Å². The average Bonchev–Trinajstić information content (AvgIpc) is 2.74. The Morgan fingerprint density at radius 1 is 1.50 bits per heavy atom. The molecule has 96 valence electrons. The summed E-state index contributed by atoms with van der Waals surface area (Å²) in [6, 6.07) is 4.44. The van der Waals surface area contributed by atoms with Crippen molar-refractivity contribution in [3.8, 4) is 0 Å². The minimum atomic E-state index is -0.487. The molecule has 1 aromatic carbocycles. The van der Waals surface area contributed by atoms with Crippen molar-refractivity contribution in [3.05, 3.63) is 39.4 Å². The zero-order valence-electron chi connectivity index (χ0n) is 10.1.